The van der Waals surface area contributed by atoms with Crippen LogP contribution in [0.3, 0.4) is 0 Å². The lowest BCUT2D eigenvalue weighted by atomic mass is 10.2. The molecule has 0 radical (unpaired) electrons. The van der Waals surface area contributed by atoms with Gasteiger partial charge >= 0.3 is 6.18 Å². The van der Waals surface area contributed by atoms with Gasteiger partial charge in [-0.3, -0.25) is 4.98 Å². The molecule has 1 aromatic rings. The van der Waals surface area contributed by atoms with E-state index in [1.54, 1.807) is 24.5 Å². The SMILES string of the molecule is FC(F)(F)CCNCc1ccncc1. The Hall–Kier alpha value is -1.10. The van der Waals surface area contributed by atoms with Crippen LogP contribution in [0.1, 0.15) is 12.0 Å². The predicted octanol–water partition coefficient (Wildman–Crippen LogP) is 2.12. The molecule has 1 N–H and O–H groups in total. The molecule has 0 atom stereocenters. The summed E-state index contributed by atoms with van der Waals surface area (Å²) < 4.78 is 35.2. The molecule has 14 heavy (non-hydrogen) atoms. The molecule has 0 saturated heterocycles. The van der Waals surface area contributed by atoms with Gasteiger partial charge in [0.25, 0.3) is 0 Å². The summed E-state index contributed by atoms with van der Waals surface area (Å²) in [5.74, 6) is 0. The standard InChI is InChI=1S/C9H11F3N2/c10-9(11,12)3-6-14-7-8-1-4-13-5-2-8/h1-2,4-5,14H,3,6-7H2. The minimum atomic E-state index is -4.08. The van der Waals surface area contributed by atoms with Gasteiger partial charge in [0.15, 0.2) is 0 Å². The zero-order valence-corrected chi connectivity index (χ0v) is 7.51. The third kappa shape index (κ3) is 4.81. The number of rotatable bonds is 4. The highest BCUT2D eigenvalue weighted by molar-refractivity contribution is 5.08. The fourth-order valence-corrected chi connectivity index (χ4v) is 0.963. The van der Waals surface area contributed by atoms with Gasteiger partial charge in [-0.15, -0.1) is 0 Å². The Kier molecular flexibility index (Phi) is 3.88. The molecule has 0 amide bonds. The van der Waals surface area contributed by atoms with Gasteiger partial charge in [-0.05, 0) is 17.7 Å². The maximum Gasteiger partial charge on any atom is 0.390 e. The third-order valence-electron chi connectivity index (χ3n) is 1.66. The van der Waals surface area contributed by atoms with Crippen molar-refractivity contribution in [3.8, 4) is 0 Å². The third-order valence-corrected chi connectivity index (χ3v) is 1.66. The van der Waals surface area contributed by atoms with Gasteiger partial charge in [0.05, 0.1) is 6.42 Å². The largest absolute Gasteiger partial charge is 0.390 e. The number of nitrogens with one attached hydrogen (secondary N) is 1. The monoisotopic (exact) mass is 204 g/mol. The Morgan fingerprint density at radius 3 is 2.43 bits per heavy atom. The van der Waals surface area contributed by atoms with Gasteiger partial charge < -0.3 is 5.32 Å². The number of alkyl halides is 3. The van der Waals surface area contributed by atoms with Crippen molar-refractivity contribution in [2.75, 3.05) is 6.54 Å². The molecule has 78 valence electrons. The number of hydrogen-bond acceptors (Lipinski definition) is 2. The second kappa shape index (κ2) is 4.95. The molecular weight excluding hydrogens is 193 g/mol. The molecule has 0 aromatic carbocycles. The molecule has 5 heteroatoms. The Morgan fingerprint density at radius 1 is 1.21 bits per heavy atom. The van der Waals surface area contributed by atoms with Gasteiger partial charge in [-0.1, -0.05) is 0 Å². The smallest absolute Gasteiger partial charge is 0.312 e. The molecule has 0 aliphatic carbocycles. The minimum Gasteiger partial charge on any atom is -0.312 e. The number of halogens is 3. The highest BCUT2D eigenvalue weighted by Crippen LogP contribution is 2.18. The van der Waals surface area contributed by atoms with Crippen molar-refractivity contribution in [2.45, 2.75) is 19.1 Å². The highest BCUT2D eigenvalue weighted by atomic mass is 19.4. The molecule has 0 spiro atoms. The fraction of sp³-hybridized carbons (Fsp3) is 0.444. The van der Waals surface area contributed by atoms with Crippen LogP contribution in [0, 0.1) is 0 Å². The van der Waals surface area contributed by atoms with Crippen LogP contribution >= 0.6 is 0 Å². The Balaban J connectivity index is 2.17. The normalized spacial score (nSPS) is 11.6. The maximum absolute atomic E-state index is 11.7. The molecule has 0 saturated carbocycles. The summed E-state index contributed by atoms with van der Waals surface area (Å²) in [5, 5.41) is 2.71. The van der Waals surface area contributed by atoms with Crippen molar-refractivity contribution >= 4 is 0 Å². The van der Waals surface area contributed by atoms with Crippen molar-refractivity contribution in [3.05, 3.63) is 30.1 Å². The zero-order valence-electron chi connectivity index (χ0n) is 7.51. The van der Waals surface area contributed by atoms with Crippen LogP contribution in [0.4, 0.5) is 13.2 Å². The summed E-state index contributed by atoms with van der Waals surface area (Å²) in [6, 6.07) is 3.53. The first-order chi connectivity index (χ1) is 6.58. The average molecular weight is 204 g/mol. The average Bonchev–Trinajstić information content (AvgIpc) is 2.13. The van der Waals surface area contributed by atoms with E-state index in [1.807, 2.05) is 0 Å². The summed E-state index contributed by atoms with van der Waals surface area (Å²) in [4.78, 5) is 3.81. The quantitative estimate of drug-likeness (QED) is 0.760. The van der Waals surface area contributed by atoms with Crippen LogP contribution in [0.5, 0.6) is 0 Å². The second-order valence-corrected chi connectivity index (χ2v) is 2.90. The molecule has 0 unspecified atom stereocenters. The van der Waals surface area contributed by atoms with Gasteiger partial charge in [-0.2, -0.15) is 13.2 Å². The van der Waals surface area contributed by atoms with Crippen LogP contribution < -0.4 is 5.32 Å². The maximum atomic E-state index is 11.7. The van der Waals surface area contributed by atoms with Crippen molar-refractivity contribution in [1.82, 2.24) is 10.3 Å². The predicted molar refractivity (Wildman–Crippen MR) is 46.6 cm³/mol. The molecule has 0 fully saturated rings. The fourth-order valence-electron chi connectivity index (χ4n) is 0.963. The van der Waals surface area contributed by atoms with Gasteiger partial charge in [0.1, 0.15) is 0 Å². The minimum absolute atomic E-state index is 0.0498. The first kappa shape index (κ1) is 11.0. The number of pyridine rings is 1. The molecule has 2 nitrogen and oxygen atoms in total. The molecule has 0 aliphatic rings. The van der Waals surface area contributed by atoms with Crippen LogP contribution in [-0.2, 0) is 6.54 Å². The van der Waals surface area contributed by atoms with Crippen molar-refractivity contribution in [2.24, 2.45) is 0 Å². The first-order valence-electron chi connectivity index (χ1n) is 4.24. The van der Waals surface area contributed by atoms with Gasteiger partial charge in [0.2, 0.25) is 0 Å². The second-order valence-electron chi connectivity index (χ2n) is 2.90. The Morgan fingerprint density at radius 2 is 1.86 bits per heavy atom. The highest BCUT2D eigenvalue weighted by Gasteiger charge is 2.25. The number of aromatic nitrogens is 1. The first-order valence-corrected chi connectivity index (χ1v) is 4.24. The number of hydrogen-bond donors (Lipinski definition) is 1. The molecular formula is C9H11F3N2. The van der Waals surface area contributed by atoms with Crippen LogP contribution in [0.2, 0.25) is 0 Å². The molecule has 1 aromatic heterocycles. The Labute approximate surface area is 80.2 Å². The van der Waals surface area contributed by atoms with E-state index in [0.29, 0.717) is 6.54 Å². The lowest BCUT2D eigenvalue weighted by Gasteiger charge is -2.07. The van der Waals surface area contributed by atoms with E-state index >= 15 is 0 Å². The summed E-state index contributed by atoms with van der Waals surface area (Å²) in [6.45, 7) is 0.393. The van der Waals surface area contributed by atoms with E-state index in [-0.39, 0.29) is 6.54 Å². The molecule has 1 heterocycles. The zero-order chi connectivity index (χ0) is 10.4. The topological polar surface area (TPSA) is 24.9 Å². The van der Waals surface area contributed by atoms with Gasteiger partial charge in [0, 0.05) is 25.5 Å². The lowest BCUT2D eigenvalue weighted by Crippen LogP contribution is -2.21. The van der Waals surface area contributed by atoms with E-state index in [1.165, 1.54) is 0 Å². The summed E-state index contributed by atoms with van der Waals surface area (Å²) in [7, 11) is 0. The van der Waals surface area contributed by atoms with E-state index in [2.05, 4.69) is 10.3 Å². The van der Waals surface area contributed by atoms with Crippen LogP contribution in [0.25, 0.3) is 0 Å². The lowest BCUT2D eigenvalue weighted by molar-refractivity contribution is -0.133. The van der Waals surface area contributed by atoms with Crippen molar-refractivity contribution < 1.29 is 13.2 Å². The van der Waals surface area contributed by atoms with Crippen molar-refractivity contribution in [1.29, 1.82) is 0 Å². The summed E-state index contributed by atoms with van der Waals surface area (Å²) in [5.41, 5.74) is 0.933. The van der Waals surface area contributed by atoms with Gasteiger partial charge in [-0.25, -0.2) is 0 Å². The summed E-state index contributed by atoms with van der Waals surface area (Å²) >= 11 is 0. The number of nitrogens with zero attached hydrogens (tertiary/aromatic N) is 1. The molecule has 1 rings (SSSR count). The van der Waals surface area contributed by atoms with E-state index < -0.39 is 12.6 Å². The van der Waals surface area contributed by atoms with Crippen LogP contribution in [-0.4, -0.2) is 17.7 Å². The van der Waals surface area contributed by atoms with E-state index in [0.717, 1.165) is 5.56 Å². The molecule has 0 aliphatic heterocycles. The van der Waals surface area contributed by atoms with E-state index in [4.69, 9.17) is 0 Å². The molecule has 0 bridgehead atoms. The van der Waals surface area contributed by atoms with E-state index in [9.17, 15) is 13.2 Å². The Bertz CT molecular complexity index is 259. The van der Waals surface area contributed by atoms with Crippen molar-refractivity contribution in [3.63, 3.8) is 0 Å². The van der Waals surface area contributed by atoms with Crippen LogP contribution in [0.15, 0.2) is 24.5 Å². The summed E-state index contributed by atoms with van der Waals surface area (Å²) in [6.07, 6.45) is -1.65.